The number of rotatable bonds is 10. The fraction of sp³-hybridized carbons (Fsp3) is 0.182. The van der Waals surface area contributed by atoms with Gasteiger partial charge < -0.3 is 15.2 Å². The summed E-state index contributed by atoms with van der Waals surface area (Å²) >= 11 is 7.14. The van der Waals surface area contributed by atoms with Crippen molar-refractivity contribution in [1.82, 2.24) is 25.4 Å². The quantitative estimate of drug-likeness (QED) is 0.361. The van der Waals surface area contributed by atoms with Crippen LogP contribution >= 0.6 is 23.4 Å². The van der Waals surface area contributed by atoms with Crippen LogP contribution in [-0.2, 0) is 24.4 Å². The molecule has 0 unspecified atom stereocenters. The second-order valence-corrected chi connectivity index (χ2v) is 7.92. The highest BCUT2D eigenvalue weighted by Gasteiger charge is 2.15. The normalized spacial score (nSPS) is 10.5. The lowest BCUT2D eigenvalue weighted by molar-refractivity contribution is -0.118. The number of nitrogens with one attached hydrogen (secondary N) is 2. The molecule has 0 saturated carbocycles. The van der Waals surface area contributed by atoms with E-state index in [1.165, 1.54) is 11.8 Å². The van der Waals surface area contributed by atoms with Crippen LogP contribution in [0.15, 0.2) is 72.4 Å². The molecule has 31 heavy (non-hydrogen) atoms. The number of thioether (sulfide) groups is 1. The molecule has 3 aromatic rings. The summed E-state index contributed by atoms with van der Waals surface area (Å²) in [4.78, 5) is 24.5. The number of amides is 2. The Labute approximate surface area is 189 Å². The molecule has 9 heteroatoms. The molecular formula is C22H22ClN5O2S. The lowest BCUT2D eigenvalue weighted by atomic mass is 10.2. The number of benzene rings is 2. The zero-order valence-corrected chi connectivity index (χ0v) is 18.3. The summed E-state index contributed by atoms with van der Waals surface area (Å²) in [5.74, 6) is 0.451. The highest BCUT2D eigenvalue weighted by Crippen LogP contribution is 2.17. The Morgan fingerprint density at radius 3 is 2.48 bits per heavy atom. The molecule has 0 radical (unpaired) electrons. The van der Waals surface area contributed by atoms with E-state index in [1.807, 2.05) is 34.9 Å². The molecule has 2 aromatic carbocycles. The molecule has 0 spiro atoms. The van der Waals surface area contributed by atoms with Crippen molar-refractivity contribution in [1.29, 1.82) is 0 Å². The summed E-state index contributed by atoms with van der Waals surface area (Å²) < 4.78 is 1.82. The van der Waals surface area contributed by atoms with Crippen molar-refractivity contribution < 1.29 is 9.59 Å². The van der Waals surface area contributed by atoms with Gasteiger partial charge in [-0.25, -0.2) is 0 Å². The van der Waals surface area contributed by atoms with Gasteiger partial charge in [-0.05, 0) is 29.8 Å². The molecule has 160 valence electrons. The van der Waals surface area contributed by atoms with Crippen LogP contribution in [0.2, 0.25) is 5.02 Å². The van der Waals surface area contributed by atoms with Gasteiger partial charge in [0.05, 0.1) is 12.3 Å². The molecule has 7 nitrogen and oxygen atoms in total. The van der Waals surface area contributed by atoms with Gasteiger partial charge in [-0.1, -0.05) is 59.8 Å². The van der Waals surface area contributed by atoms with Gasteiger partial charge in [0.15, 0.2) is 11.0 Å². The van der Waals surface area contributed by atoms with Crippen molar-refractivity contribution >= 4 is 35.2 Å². The van der Waals surface area contributed by atoms with Gasteiger partial charge in [-0.15, -0.1) is 16.8 Å². The van der Waals surface area contributed by atoms with Crippen molar-refractivity contribution in [3.8, 4) is 0 Å². The topological polar surface area (TPSA) is 88.9 Å². The Kier molecular flexibility index (Phi) is 8.26. The predicted molar refractivity (Wildman–Crippen MR) is 122 cm³/mol. The maximum atomic E-state index is 12.3. The minimum Gasteiger partial charge on any atom is -0.351 e. The first-order valence-corrected chi connectivity index (χ1v) is 10.9. The van der Waals surface area contributed by atoms with Crippen molar-refractivity contribution in [3.05, 3.63) is 89.2 Å². The van der Waals surface area contributed by atoms with Crippen molar-refractivity contribution in [2.24, 2.45) is 0 Å². The standard InChI is InChI=1S/C22H22ClN5O2S/c1-2-12-28-19(14-25-21(30)17-8-10-18(23)11-9-17)26-27-22(28)31-15-20(29)24-13-16-6-4-3-5-7-16/h2-11H,1,12-15H2,(H,24,29)(H,25,30). The fourth-order valence-electron chi connectivity index (χ4n) is 2.71. The Hall–Kier alpha value is -3.10. The molecule has 0 atom stereocenters. The van der Waals surface area contributed by atoms with Crippen LogP contribution in [-0.4, -0.2) is 32.3 Å². The predicted octanol–water partition coefficient (Wildman–Crippen LogP) is 3.46. The lowest BCUT2D eigenvalue weighted by Gasteiger charge is -2.09. The van der Waals surface area contributed by atoms with E-state index in [-0.39, 0.29) is 24.1 Å². The molecule has 0 aliphatic rings. The van der Waals surface area contributed by atoms with Gasteiger partial charge >= 0.3 is 0 Å². The molecule has 2 N–H and O–H groups in total. The van der Waals surface area contributed by atoms with E-state index in [1.54, 1.807) is 30.3 Å². The fourth-order valence-corrected chi connectivity index (χ4v) is 3.63. The first kappa shape index (κ1) is 22.6. The summed E-state index contributed by atoms with van der Waals surface area (Å²) in [7, 11) is 0. The molecule has 0 saturated heterocycles. The van der Waals surface area contributed by atoms with Crippen molar-refractivity contribution in [3.63, 3.8) is 0 Å². The van der Waals surface area contributed by atoms with Crippen LogP contribution < -0.4 is 10.6 Å². The minimum atomic E-state index is -0.237. The largest absolute Gasteiger partial charge is 0.351 e. The van der Waals surface area contributed by atoms with E-state index in [0.717, 1.165) is 5.56 Å². The number of carbonyl (C=O) groups excluding carboxylic acids is 2. The first-order chi connectivity index (χ1) is 15.1. The van der Waals surface area contributed by atoms with E-state index in [4.69, 9.17) is 11.6 Å². The van der Waals surface area contributed by atoms with E-state index in [2.05, 4.69) is 27.4 Å². The Balaban J connectivity index is 1.55. The maximum absolute atomic E-state index is 12.3. The Bertz CT molecular complexity index is 1040. The number of halogens is 1. The van der Waals surface area contributed by atoms with E-state index in [9.17, 15) is 9.59 Å². The van der Waals surface area contributed by atoms with E-state index >= 15 is 0 Å². The first-order valence-electron chi connectivity index (χ1n) is 9.57. The third kappa shape index (κ3) is 6.70. The third-order valence-electron chi connectivity index (χ3n) is 4.28. The summed E-state index contributed by atoms with van der Waals surface area (Å²) in [6, 6.07) is 16.3. The summed E-state index contributed by atoms with van der Waals surface area (Å²) in [5.41, 5.74) is 1.54. The smallest absolute Gasteiger partial charge is 0.251 e. The monoisotopic (exact) mass is 455 g/mol. The van der Waals surface area contributed by atoms with Gasteiger partial charge in [0.1, 0.15) is 0 Å². The van der Waals surface area contributed by atoms with Crippen molar-refractivity contribution in [2.75, 3.05) is 5.75 Å². The minimum absolute atomic E-state index is 0.0976. The molecule has 0 fully saturated rings. The second-order valence-electron chi connectivity index (χ2n) is 6.54. The lowest BCUT2D eigenvalue weighted by Crippen LogP contribution is -2.25. The van der Waals surface area contributed by atoms with E-state index in [0.29, 0.717) is 34.7 Å². The summed E-state index contributed by atoms with van der Waals surface area (Å²) in [5, 5.41) is 15.2. The highest BCUT2D eigenvalue weighted by atomic mass is 35.5. The molecule has 1 aromatic heterocycles. The Morgan fingerprint density at radius 1 is 1.03 bits per heavy atom. The van der Waals surface area contributed by atoms with E-state index < -0.39 is 0 Å². The van der Waals surface area contributed by atoms with Crippen LogP contribution in [0.4, 0.5) is 0 Å². The van der Waals surface area contributed by atoms with Crippen LogP contribution in [0.25, 0.3) is 0 Å². The van der Waals surface area contributed by atoms with Crippen LogP contribution in [0.3, 0.4) is 0 Å². The maximum Gasteiger partial charge on any atom is 0.251 e. The van der Waals surface area contributed by atoms with Crippen LogP contribution in [0.1, 0.15) is 21.7 Å². The molecular weight excluding hydrogens is 434 g/mol. The average molecular weight is 456 g/mol. The summed E-state index contributed by atoms with van der Waals surface area (Å²) in [6.45, 7) is 4.90. The summed E-state index contributed by atoms with van der Waals surface area (Å²) in [6.07, 6.45) is 1.72. The number of hydrogen-bond acceptors (Lipinski definition) is 5. The molecule has 3 rings (SSSR count). The number of carbonyl (C=O) groups is 2. The third-order valence-corrected chi connectivity index (χ3v) is 5.50. The second kappa shape index (κ2) is 11.3. The number of nitrogens with zero attached hydrogens (tertiary/aromatic N) is 3. The van der Waals surface area contributed by atoms with Gasteiger partial charge in [0.25, 0.3) is 5.91 Å². The van der Waals surface area contributed by atoms with Crippen LogP contribution in [0.5, 0.6) is 0 Å². The average Bonchev–Trinajstić information content (AvgIpc) is 3.17. The van der Waals surface area contributed by atoms with Gasteiger partial charge in [0, 0.05) is 23.7 Å². The number of aromatic nitrogens is 3. The zero-order valence-electron chi connectivity index (χ0n) is 16.8. The molecule has 1 heterocycles. The highest BCUT2D eigenvalue weighted by molar-refractivity contribution is 7.99. The van der Waals surface area contributed by atoms with Gasteiger partial charge in [-0.3, -0.25) is 9.59 Å². The molecule has 0 aliphatic carbocycles. The van der Waals surface area contributed by atoms with Gasteiger partial charge in [-0.2, -0.15) is 0 Å². The number of hydrogen-bond donors (Lipinski definition) is 2. The Morgan fingerprint density at radius 2 is 1.77 bits per heavy atom. The molecule has 2 amide bonds. The molecule has 0 bridgehead atoms. The van der Waals surface area contributed by atoms with Gasteiger partial charge in [0.2, 0.25) is 5.91 Å². The number of allylic oxidation sites excluding steroid dienone is 1. The SMILES string of the molecule is C=CCn1c(CNC(=O)c2ccc(Cl)cc2)nnc1SCC(=O)NCc1ccccc1. The van der Waals surface area contributed by atoms with Crippen molar-refractivity contribution in [2.45, 2.75) is 24.8 Å². The van der Waals surface area contributed by atoms with Crippen LogP contribution in [0, 0.1) is 0 Å². The zero-order chi connectivity index (χ0) is 22.1. The molecule has 0 aliphatic heterocycles.